The van der Waals surface area contributed by atoms with Gasteiger partial charge in [0.15, 0.2) is 5.13 Å². The maximum absolute atomic E-state index is 12.0. The van der Waals surface area contributed by atoms with Gasteiger partial charge in [0.1, 0.15) is 11.4 Å². The zero-order chi connectivity index (χ0) is 15.6. The Morgan fingerprint density at radius 3 is 3.13 bits per heavy atom. The number of nitrogens with one attached hydrogen (secondary N) is 1. The molecule has 1 aliphatic heterocycles. The molecule has 114 valence electrons. The Morgan fingerprint density at radius 2 is 2.26 bits per heavy atom. The molecule has 0 saturated carbocycles. The molecule has 7 heteroatoms. The summed E-state index contributed by atoms with van der Waals surface area (Å²) in [5.41, 5.74) is 3.31. The van der Waals surface area contributed by atoms with Crippen LogP contribution >= 0.6 is 11.3 Å². The van der Waals surface area contributed by atoms with Gasteiger partial charge in [-0.25, -0.2) is 9.97 Å². The highest BCUT2D eigenvalue weighted by molar-refractivity contribution is 7.14. The van der Waals surface area contributed by atoms with E-state index in [1.54, 1.807) is 0 Å². The third kappa shape index (κ3) is 2.78. The lowest BCUT2D eigenvalue weighted by Crippen LogP contribution is -2.13. The Kier molecular flexibility index (Phi) is 3.47. The van der Waals surface area contributed by atoms with Crippen molar-refractivity contribution in [2.24, 2.45) is 0 Å². The minimum absolute atomic E-state index is 0.263. The van der Waals surface area contributed by atoms with E-state index >= 15 is 0 Å². The molecule has 1 N–H and O–H groups in total. The Morgan fingerprint density at radius 1 is 1.30 bits per heavy atom. The predicted octanol–water partition coefficient (Wildman–Crippen LogP) is 2.79. The number of anilines is 1. The number of rotatable bonds is 3. The van der Waals surface area contributed by atoms with Gasteiger partial charge in [-0.3, -0.25) is 15.1 Å². The minimum atomic E-state index is -0.318. The van der Waals surface area contributed by atoms with E-state index in [9.17, 15) is 4.79 Å². The fourth-order valence-corrected chi connectivity index (χ4v) is 3.10. The van der Waals surface area contributed by atoms with Crippen molar-refractivity contribution < 1.29 is 9.53 Å². The summed E-state index contributed by atoms with van der Waals surface area (Å²) in [6.45, 7) is 0.731. The van der Waals surface area contributed by atoms with E-state index in [0.717, 1.165) is 30.0 Å². The van der Waals surface area contributed by atoms with Crippen LogP contribution in [0.4, 0.5) is 5.13 Å². The lowest BCUT2D eigenvalue weighted by molar-refractivity contribution is 0.102. The number of ether oxygens (including phenoxy) is 1. The molecule has 0 aliphatic carbocycles. The Bertz CT molecular complexity index is 864. The van der Waals surface area contributed by atoms with Crippen LogP contribution in [0, 0.1) is 0 Å². The Hall–Kier alpha value is -2.80. The summed E-state index contributed by atoms with van der Waals surface area (Å²) in [5, 5.41) is 5.20. The van der Waals surface area contributed by atoms with E-state index in [4.69, 9.17) is 4.74 Å². The minimum Gasteiger partial charge on any atom is -0.493 e. The SMILES string of the molecule is O=C(Nc1nc(-c2ccc3c(c2)CCO3)cs1)c1cnccn1. The van der Waals surface area contributed by atoms with Crippen molar-refractivity contribution in [2.45, 2.75) is 6.42 Å². The van der Waals surface area contributed by atoms with Gasteiger partial charge < -0.3 is 4.74 Å². The van der Waals surface area contributed by atoms with Gasteiger partial charge in [-0.05, 0) is 23.8 Å². The van der Waals surface area contributed by atoms with Crippen molar-refractivity contribution >= 4 is 22.4 Å². The lowest BCUT2D eigenvalue weighted by Gasteiger charge is -2.02. The van der Waals surface area contributed by atoms with Gasteiger partial charge >= 0.3 is 0 Å². The maximum Gasteiger partial charge on any atom is 0.277 e. The monoisotopic (exact) mass is 324 g/mol. The normalized spacial score (nSPS) is 12.5. The molecule has 1 aliphatic rings. The molecule has 3 aromatic rings. The van der Waals surface area contributed by atoms with E-state index in [1.165, 1.54) is 35.5 Å². The van der Waals surface area contributed by atoms with Gasteiger partial charge in [-0.15, -0.1) is 11.3 Å². The second-order valence-electron chi connectivity index (χ2n) is 5.00. The fraction of sp³-hybridized carbons (Fsp3) is 0.125. The summed E-state index contributed by atoms with van der Waals surface area (Å²) in [6, 6.07) is 6.04. The molecular weight excluding hydrogens is 312 g/mol. The van der Waals surface area contributed by atoms with Crippen LogP contribution in [-0.2, 0) is 6.42 Å². The van der Waals surface area contributed by atoms with E-state index in [0.29, 0.717) is 5.13 Å². The first kappa shape index (κ1) is 13.8. The molecule has 0 radical (unpaired) electrons. The first-order chi connectivity index (χ1) is 11.3. The zero-order valence-electron chi connectivity index (χ0n) is 12.0. The van der Waals surface area contributed by atoms with Crippen molar-refractivity contribution in [3.63, 3.8) is 0 Å². The van der Waals surface area contributed by atoms with Crippen LogP contribution < -0.4 is 10.1 Å². The molecule has 0 bridgehead atoms. The van der Waals surface area contributed by atoms with Gasteiger partial charge in [0.2, 0.25) is 0 Å². The number of nitrogens with zero attached hydrogens (tertiary/aromatic N) is 3. The highest BCUT2D eigenvalue weighted by Gasteiger charge is 2.15. The maximum atomic E-state index is 12.0. The highest BCUT2D eigenvalue weighted by Crippen LogP contribution is 2.31. The number of amides is 1. The van der Waals surface area contributed by atoms with Gasteiger partial charge in [-0.2, -0.15) is 0 Å². The second-order valence-corrected chi connectivity index (χ2v) is 5.86. The molecular formula is C16H12N4O2S. The standard InChI is InChI=1S/C16H12N4O2S/c21-15(12-8-17-4-5-18-12)20-16-19-13(9-23-16)10-1-2-14-11(7-10)3-6-22-14/h1-2,4-5,7-9H,3,6H2,(H,19,20,21). The van der Waals surface area contributed by atoms with Crippen molar-refractivity contribution in [3.05, 3.63) is 53.4 Å². The Labute approximate surface area is 136 Å². The number of carbonyl (C=O) groups excluding carboxylic acids is 1. The molecule has 0 spiro atoms. The van der Waals surface area contributed by atoms with Crippen LogP contribution in [0.2, 0.25) is 0 Å². The van der Waals surface area contributed by atoms with Crippen molar-refractivity contribution in [3.8, 4) is 17.0 Å². The summed E-state index contributed by atoms with van der Waals surface area (Å²) in [6.07, 6.45) is 5.35. The number of thiazole rings is 1. The molecule has 0 atom stereocenters. The lowest BCUT2D eigenvalue weighted by atomic mass is 10.1. The number of aromatic nitrogens is 3. The summed E-state index contributed by atoms with van der Waals surface area (Å²) in [5.74, 6) is 0.626. The first-order valence-electron chi connectivity index (χ1n) is 7.08. The van der Waals surface area contributed by atoms with Crippen LogP contribution in [0.25, 0.3) is 11.3 Å². The smallest absolute Gasteiger partial charge is 0.277 e. The van der Waals surface area contributed by atoms with Crippen LogP contribution in [0.5, 0.6) is 5.75 Å². The van der Waals surface area contributed by atoms with Crippen molar-refractivity contribution in [1.29, 1.82) is 0 Å². The first-order valence-corrected chi connectivity index (χ1v) is 7.96. The molecule has 0 saturated heterocycles. The van der Waals surface area contributed by atoms with Gasteiger partial charge in [0, 0.05) is 29.8 Å². The van der Waals surface area contributed by atoms with E-state index in [1.807, 2.05) is 17.5 Å². The highest BCUT2D eigenvalue weighted by atomic mass is 32.1. The van der Waals surface area contributed by atoms with E-state index in [2.05, 4.69) is 26.3 Å². The largest absolute Gasteiger partial charge is 0.493 e. The number of hydrogen-bond donors (Lipinski definition) is 1. The van der Waals surface area contributed by atoms with Crippen LogP contribution in [-0.4, -0.2) is 27.5 Å². The topological polar surface area (TPSA) is 77.0 Å². The molecule has 6 nitrogen and oxygen atoms in total. The van der Waals surface area contributed by atoms with Crippen LogP contribution in [0.1, 0.15) is 16.1 Å². The van der Waals surface area contributed by atoms with Crippen LogP contribution in [0.3, 0.4) is 0 Å². The van der Waals surface area contributed by atoms with E-state index in [-0.39, 0.29) is 11.6 Å². The molecule has 3 heterocycles. The molecule has 1 aromatic carbocycles. The molecule has 0 fully saturated rings. The molecule has 2 aromatic heterocycles. The van der Waals surface area contributed by atoms with Crippen LogP contribution in [0.15, 0.2) is 42.2 Å². The van der Waals surface area contributed by atoms with Gasteiger partial charge in [0.05, 0.1) is 18.5 Å². The van der Waals surface area contributed by atoms with Gasteiger partial charge in [0.25, 0.3) is 5.91 Å². The molecule has 23 heavy (non-hydrogen) atoms. The van der Waals surface area contributed by atoms with Gasteiger partial charge in [-0.1, -0.05) is 0 Å². The van der Waals surface area contributed by atoms with Crippen molar-refractivity contribution in [1.82, 2.24) is 15.0 Å². The zero-order valence-corrected chi connectivity index (χ0v) is 12.8. The third-order valence-corrected chi connectivity index (χ3v) is 4.26. The quantitative estimate of drug-likeness (QED) is 0.801. The number of hydrogen-bond acceptors (Lipinski definition) is 6. The summed E-state index contributed by atoms with van der Waals surface area (Å²) < 4.78 is 5.51. The summed E-state index contributed by atoms with van der Waals surface area (Å²) in [4.78, 5) is 24.4. The second kappa shape index (κ2) is 5.77. The third-order valence-electron chi connectivity index (χ3n) is 3.51. The number of carbonyl (C=O) groups is 1. The summed E-state index contributed by atoms with van der Waals surface area (Å²) in [7, 11) is 0. The fourth-order valence-electron chi connectivity index (χ4n) is 2.39. The molecule has 4 rings (SSSR count). The average Bonchev–Trinajstić information content (AvgIpc) is 3.23. The number of fused-ring (bicyclic) bond motifs is 1. The average molecular weight is 324 g/mol. The predicted molar refractivity (Wildman–Crippen MR) is 86.7 cm³/mol. The molecule has 1 amide bonds. The number of benzene rings is 1. The molecule has 0 unspecified atom stereocenters. The Balaban J connectivity index is 1.54. The summed E-state index contributed by atoms with van der Waals surface area (Å²) >= 11 is 1.38. The van der Waals surface area contributed by atoms with E-state index < -0.39 is 0 Å². The van der Waals surface area contributed by atoms with Crippen molar-refractivity contribution in [2.75, 3.05) is 11.9 Å².